The summed E-state index contributed by atoms with van der Waals surface area (Å²) in [5.74, 6) is 1.83. The SMILES string of the molecule is C#Cc1ccc([N+]2(C(N)=O)C[C@H](OC)C[C@]2(C(N)=O)c2ccc(-n3cc(C)ccc3=O)cc2)cc1. The van der Waals surface area contributed by atoms with Crippen molar-refractivity contribution in [1.82, 2.24) is 9.05 Å². The van der Waals surface area contributed by atoms with Gasteiger partial charge >= 0.3 is 6.03 Å². The third-order valence-corrected chi connectivity index (χ3v) is 6.93. The molecule has 1 aliphatic heterocycles. The lowest BCUT2D eigenvalue weighted by atomic mass is 9.83. The van der Waals surface area contributed by atoms with Crippen LogP contribution in [0.25, 0.3) is 5.69 Å². The highest BCUT2D eigenvalue weighted by atomic mass is 16.5. The zero-order chi connectivity index (χ0) is 25.4. The molecule has 0 bridgehead atoms. The molecule has 8 nitrogen and oxygen atoms in total. The number of hydrogen-bond donors (Lipinski definition) is 2. The minimum Gasteiger partial charge on any atom is -0.375 e. The van der Waals surface area contributed by atoms with Gasteiger partial charge in [-0.1, -0.05) is 24.1 Å². The molecule has 4 rings (SSSR count). The number of carbonyl (C=O) groups is 2. The summed E-state index contributed by atoms with van der Waals surface area (Å²) < 4.78 is 6.59. The number of methoxy groups -OCH3 is 1. The molecule has 1 saturated heterocycles. The highest BCUT2D eigenvalue weighted by Crippen LogP contribution is 2.49. The number of urea groups is 1. The minimum atomic E-state index is -1.54. The van der Waals surface area contributed by atoms with Crippen LogP contribution in [0.15, 0.2) is 71.7 Å². The van der Waals surface area contributed by atoms with Gasteiger partial charge in [0, 0.05) is 54.7 Å². The average molecular weight is 472 g/mol. The Kier molecular flexibility index (Phi) is 6.07. The van der Waals surface area contributed by atoms with Crippen LogP contribution in [0.5, 0.6) is 0 Å². The third kappa shape index (κ3) is 3.62. The number of quaternary nitrogens is 1. The fourth-order valence-electron chi connectivity index (χ4n) is 5.17. The lowest BCUT2D eigenvalue weighted by Gasteiger charge is -2.42. The first-order valence-corrected chi connectivity index (χ1v) is 11.1. The summed E-state index contributed by atoms with van der Waals surface area (Å²) in [5, 5.41) is 0. The molecule has 2 aromatic carbocycles. The minimum absolute atomic E-state index is 0.114. The van der Waals surface area contributed by atoms with Gasteiger partial charge in [-0.15, -0.1) is 6.42 Å². The van der Waals surface area contributed by atoms with Crippen LogP contribution in [0.3, 0.4) is 0 Å². The van der Waals surface area contributed by atoms with E-state index in [1.54, 1.807) is 60.8 Å². The van der Waals surface area contributed by atoms with Crippen molar-refractivity contribution in [3.8, 4) is 18.0 Å². The van der Waals surface area contributed by atoms with E-state index in [0.29, 0.717) is 22.5 Å². The second kappa shape index (κ2) is 8.87. The van der Waals surface area contributed by atoms with E-state index in [0.717, 1.165) is 5.56 Å². The van der Waals surface area contributed by atoms with Crippen LogP contribution in [0.2, 0.25) is 0 Å². The Labute approximate surface area is 203 Å². The van der Waals surface area contributed by atoms with E-state index >= 15 is 0 Å². The highest BCUT2D eigenvalue weighted by Gasteiger charge is 2.68. The number of carbonyl (C=O) groups excluding carboxylic acids is 2. The second-order valence-electron chi connectivity index (χ2n) is 8.77. The van der Waals surface area contributed by atoms with Gasteiger partial charge in [0.2, 0.25) is 5.54 Å². The maximum Gasteiger partial charge on any atom is 0.420 e. The topological polar surface area (TPSA) is 117 Å². The summed E-state index contributed by atoms with van der Waals surface area (Å²) in [5.41, 5.74) is 13.5. The lowest BCUT2D eigenvalue weighted by Crippen LogP contribution is -2.70. The fraction of sp³-hybridized carbons (Fsp3) is 0.222. The van der Waals surface area contributed by atoms with Gasteiger partial charge in [0.1, 0.15) is 18.3 Å². The number of aromatic nitrogens is 1. The van der Waals surface area contributed by atoms with Crippen LogP contribution in [-0.4, -0.2) is 36.3 Å². The Morgan fingerprint density at radius 2 is 1.74 bits per heavy atom. The number of nitrogens with two attached hydrogens (primary N) is 2. The molecule has 1 unspecified atom stereocenters. The summed E-state index contributed by atoms with van der Waals surface area (Å²) in [4.78, 5) is 39.0. The fourth-order valence-corrected chi connectivity index (χ4v) is 5.17. The molecule has 1 aliphatic rings. The van der Waals surface area contributed by atoms with Crippen molar-refractivity contribution in [3.63, 3.8) is 0 Å². The van der Waals surface area contributed by atoms with Crippen LogP contribution in [0.4, 0.5) is 10.5 Å². The molecular formula is C27H27N4O4+. The van der Waals surface area contributed by atoms with Crippen LogP contribution in [0.1, 0.15) is 23.1 Å². The Morgan fingerprint density at radius 3 is 2.29 bits per heavy atom. The summed E-state index contributed by atoms with van der Waals surface area (Å²) in [6.45, 7) is 2.00. The van der Waals surface area contributed by atoms with Crippen molar-refractivity contribution in [2.24, 2.45) is 11.5 Å². The highest BCUT2D eigenvalue weighted by molar-refractivity contribution is 5.99. The zero-order valence-corrected chi connectivity index (χ0v) is 19.6. The van der Waals surface area contributed by atoms with Crippen molar-refractivity contribution in [2.75, 3.05) is 13.7 Å². The number of likely N-dealkylation sites (tertiary alicyclic amines) is 1. The number of rotatable bonds is 5. The molecule has 0 radical (unpaired) electrons. The van der Waals surface area contributed by atoms with E-state index in [2.05, 4.69) is 5.92 Å². The van der Waals surface area contributed by atoms with Crippen LogP contribution in [-0.2, 0) is 15.1 Å². The smallest absolute Gasteiger partial charge is 0.375 e. The Balaban J connectivity index is 1.95. The predicted molar refractivity (Wildman–Crippen MR) is 134 cm³/mol. The van der Waals surface area contributed by atoms with E-state index in [1.807, 2.05) is 6.92 Å². The van der Waals surface area contributed by atoms with Crippen molar-refractivity contribution < 1.29 is 14.3 Å². The number of amides is 3. The van der Waals surface area contributed by atoms with E-state index in [-0.39, 0.29) is 18.5 Å². The molecule has 1 aromatic heterocycles. The first-order chi connectivity index (χ1) is 16.7. The number of terminal acetylenes is 1. The van der Waals surface area contributed by atoms with Gasteiger partial charge in [-0.05, 0) is 36.8 Å². The summed E-state index contributed by atoms with van der Waals surface area (Å²) in [6, 6.07) is 16.1. The molecule has 0 aliphatic carbocycles. The number of pyridine rings is 1. The van der Waals surface area contributed by atoms with E-state index < -0.39 is 28.1 Å². The molecule has 2 heterocycles. The van der Waals surface area contributed by atoms with Crippen LogP contribution in [0, 0.1) is 19.3 Å². The molecule has 35 heavy (non-hydrogen) atoms. The third-order valence-electron chi connectivity index (χ3n) is 6.93. The summed E-state index contributed by atoms with van der Waals surface area (Å²) >= 11 is 0. The number of primary amides is 2. The molecule has 178 valence electrons. The van der Waals surface area contributed by atoms with Crippen LogP contribution >= 0.6 is 0 Å². The Hall–Kier alpha value is -4.19. The number of ether oxygens (including phenoxy) is 1. The summed E-state index contributed by atoms with van der Waals surface area (Å²) in [7, 11) is 1.52. The number of nitrogens with zero attached hydrogens (tertiary/aromatic N) is 2. The van der Waals surface area contributed by atoms with Gasteiger partial charge in [0.05, 0.1) is 0 Å². The number of benzene rings is 2. The van der Waals surface area contributed by atoms with Gasteiger partial charge in [-0.2, -0.15) is 4.48 Å². The van der Waals surface area contributed by atoms with Gasteiger partial charge < -0.3 is 16.2 Å². The first kappa shape index (κ1) is 24.0. The van der Waals surface area contributed by atoms with Crippen molar-refractivity contribution in [1.29, 1.82) is 0 Å². The predicted octanol–water partition coefficient (Wildman–Crippen LogP) is 2.31. The molecule has 8 heteroatoms. The van der Waals surface area contributed by atoms with Gasteiger partial charge in [-0.25, -0.2) is 4.79 Å². The Bertz CT molecular complexity index is 1390. The Morgan fingerprint density at radius 1 is 1.09 bits per heavy atom. The molecule has 0 saturated carbocycles. The monoisotopic (exact) mass is 471 g/mol. The standard InChI is InChI=1S/C27H26N4O4/c1-4-19-6-12-22(13-7-19)31(26(29)34)17-23(35-3)15-27(31,25(28)33)20-8-10-21(11-9-20)30-16-18(2)5-14-24(30)32/h1,5-14,16,23H,15,17H2,2-3H3,(H3-,28,29,33,34)/p+1/t23-,27-,31?/m1/s1. The number of hydrogen-bond acceptors (Lipinski definition) is 4. The average Bonchev–Trinajstić information content (AvgIpc) is 3.24. The molecule has 1 fully saturated rings. The normalized spacial score (nSPS) is 23.5. The van der Waals surface area contributed by atoms with E-state index in [1.165, 1.54) is 17.7 Å². The van der Waals surface area contributed by atoms with Crippen molar-refractivity contribution >= 4 is 17.6 Å². The van der Waals surface area contributed by atoms with Crippen LogP contribution < -0.4 is 21.5 Å². The second-order valence-corrected chi connectivity index (χ2v) is 8.77. The molecule has 3 atom stereocenters. The van der Waals surface area contributed by atoms with E-state index in [9.17, 15) is 14.4 Å². The largest absolute Gasteiger partial charge is 0.420 e. The number of aryl methyl sites for hydroxylation is 1. The van der Waals surface area contributed by atoms with Crippen molar-refractivity contribution in [3.05, 3.63) is 93.9 Å². The van der Waals surface area contributed by atoms with E-state index in [4.69, 9.17) is 22.6 Å². The van der Waals surface area contributed by atoms with Crippen molar-refractivity contribution in [2.45, 2.75) is 25.0 Å². The molecule has 3 aromatic rings. The first-order valence-electron chi connectivity index (χ1n) is 11.1. The summed E-state index contributed by atoms with van der Waals surface area (Å²) in [6.07, 6.45) is 6.90. The zero-order valence-electron chi connectivity index (χ0n) is 19.6. The van der Waals surface area contributed by atoms with Gasteiger partial charge in [0.25, 0.3) is 11.5 Å². The molecule has 4 N–H and O–H groups in total. The molecule has 3 amide bonds. The molecule has 0 spiro atoms. The lowest BCUT2D eigenvalue weighted by molar-refractivity contribution is -0.127. The quantitative estimate of drug-likeness (QED) is 0.439. The maximum absolute atomic E-state index is 13.3. The van der Waals surface area contributed by atoms with Gasteiger partial charge in [0.15, 0.2) is 0 Å². The maximum atomic E-state index is 13.3. The molecular weight excluding hydrogens is 444 g/mol. The van der Waals surface area contributed by atoms with Gasteiger partial charge in [-0.3, -0.25) is 14.2 Å².